The van der Waals surface area contributed by atoms with Crippen molar-refractivity contribution in [2.45, 2.75) is 19.8 Å². The van der Waals surface area contributed by atoms with E-state index < -0.39 is 0 Å². The maximum Gasteiger partial charge on any atom is -0.00431 e. The molecule has 1 fully saturated rings. The quantitative estimate of drug-likeness (QED) is 0.624. The standard InChI is InChI=1S/C11H17N/c1-9-2-3-11(8-9)10-4-6-12-7-5-10/h2-3,8-10,12H,4-7H2,1H3. The Bertz CT molecular complexity index is 209. The van der Waals surface area contributed by atoms with E-state index in [0.717, 1.165) is 5.92 Å². The predicted molar refractivity (Wildman–Crippen MR) is 52.0 cm³/mol. The molecule has 0 aromatic carbocycles. The maximum absolute atomic E-state index is 3.40. The number of hydrogen-bond donors (Lipinski definition) is 1. The Morgan fingerprint density at radius 2 is 2.08 bits per heavy atom. The summed E-state index contributed by atoms with van der Waals surface area (Å²) in [6.07, 6.45) is 9.68. The normalized spacial score (nSPS) is 30.8. The van der Waals surface area contributed by atoms with Crippen LogP contribution in [0.2, 0.25) is 0 Å². The van der Waals surface area contributed by atoms with Gasteiger partial charge in [0.25, 0.3) is 0 Å². The van der Waals surface area contributed by atoms with Gasteiger partial charge in [-0.15, -0.1) is 0 Å². The Hall–Kier alpha value is -0.560. The molecule has 2 rings (SSSR count). The molecule has 0 amide bonds. The van der Waals surface area contributed by atoms with Crippen LogP contribution >= 0.6 is 0 Å². The number of piperidine rings is 1. The molecule has 1 saturated heterocycles. The van der Waals surface area contributed by atoms with Gasteiger partial charge in [0.2, 0.25) is 0 Å². The molecule has 0 spiro atoms. The van der Waals surface area contributed by atoms with Crippen molar-refractivity contribution in [3.05, 3.63) is 23.8 Å². The Labute approximate surface area is 74.5 Å². The van der Waals surface area contributed by atoms with E-state index in [9.17, 15) is 0 Å². The van der Waals surface area contributed by atoms with E-state index >= 15 is 0 Å². The summed E-state index contributed by atoms with van der Waals surface area (Å²) in [6.45, 7) is 4.65. The number of nitrogens with one attached hydrogen (secondary N) is 1. The molecule has 1 unspecified atom stereocenters. The van der Waals surface area contributed by atoms with Crippen LogP contribution < -0.4 is 5.32 Å². The first kappa shape index (κ1) is 8.06. The monoisotopic (exact) mass is 163 g/mol. The van der Waals surface area contributed by atoms with Crippen LogP contribution in [0.1, 0.15) is 19.8 Å². The summed E-state index contributed by atoms with van der Waals surface area (Å²) in [5.41, 5.74) is 1.59. The van der Waals surface area contributed by atoms with Crippen molar-refractivity contribution in [2.75, 3.05) is 13.1 Å². The zero-order valence-electron chi connectivity index (χ0n) is 7.72. The lowest BCUT2D eigenvalue weighted by Crippen LogP contribution is -2.28. The molecule has 66 valence electrons. The molecule has 1 aliphatic heterocycles. The average molecular weight is 163 g/mol. The fraction of sp³-hybridized carbons (Fsp3) is 0.636. The van der Waals surface area contributed by atoms with Crippen LogP contribution in [-0.2, 0) is 0 Å². The van der Waals surface area contributed by atoms with Gasteiger partial charge in [0, 0.05) is 0 Å². The molecule has 1 N–H and O–H groups in total. The molecule has 1 heterocycles. The Morgan fingerprint density at radius 1 is 1.33 bits per heavy atom. The Kier molecular flexibility index (Phi) is 2.31. The number of allylic oxidation sites excluding steroid dienone is 4. The molecule has 12 heavy (non-hydrogen) atoms. The van der Waals surface area contributed by atoms with Gasteiger partial charge < -0.3 is 5.32 Å². The van der Waals surface area contributed by atoms with E-state index in [2.05, 4.69) is 30.5 Å². The van der Waals surface area contributed by atoms with Crippen molar-refractivity contribution < 1.29 is 0 Å². The lowest BCUT2D eigenvalue weighted by molar-refractivity contribution is 0.425. The fourth-order valence-electron chi connectivity index (χ4n) is 2.10. The second-order valence-electron chi connectivity index (χ2n) is 3.91. The maximum atomic E-state index is 3.40. The third kappa shape index (κ3) is 1.61. The van der Waals surface area contributed by atoms with Gasteiger partial charge in [0.15, 0.2) is 0 Å². The molecular weight excluding hydrogens is 146 g/mol. The fourth-order valence-corrected chi connectivity index (χ4v) is 2.10. The molecule has 0 bridgehead atoms. The molecule has 1 nitrogen and oxygen atoms in total. The Balaban J connectivity index is 1.99. The van der Waals surface area contributed by atoms with Crippen molar-refractivity contribution >= 4 is 0 Å². The largest absolute Gasteiger partial charge is 0.317 e. The highest BCUT2D eigenvalue weighted by molar-refractivity contribution is 5.30. The second-order valence-corrected chi connectivity index (χ2v) is 3.91. The van der Waals surface area contributed by atoms with Gasteiger partial charge in [-0.2, -0.15) is 0 Å². The number of hydrogen-bond acceptors (Lipinski definition) is 1. The minimum Gasteiger partial charge on any atom is -0.317 e. The lowest BCUT2D eigenvalue weighted by Gasteiger charge is -2.22. The minimum atomic E-state index is 0.676. The molecule has 0 aromatic rings. The first-order chi connectivity index (χ1) is 5.86. The summed E-state index contributed by atoms with van der Waals surface area (Å²) in [6, 6.07) is 0. The predicted octanol–water partition coefficient (Wildman–Crippen LogP) is 2.12. The smallest absolute Gasteiger partial charge is 0.00431 e. The third-order valence-corrected chi connectivity index (χ3v) is 2.86. The van der Waals surface area contributed by atoms with Crippen LogP contribution in [0.25, 0.3) is 0 Å². The lowest BCUT2D eigenvalue weighted by atomic mass is 9.90. The van der Waals surface area contributed by atoms with E-state index in [1.54, 1.807) is 5.57 Å². The van der Waals surface area contributed by atoms with Crippen molar-refractivity contribution in [3.63, 3.8) is 0 Å². The molecule has 1 aliphatic carbocycles. The molecule has 2 aliphatic rings. The first-order valence-electron chi connectivity index (χ1n) is 4.97. The summed E-state index contributed by atoms with van der Waals surface area (Å²) in [5, 5.41) is 3.40. The van der Waals surface area contributed by atoms with Crippen LogP contribution in [-0.4, -0.2) is 13.1 Å². The van der Waals surface area contributed by atoms with Gasteiger partial charge in [-0.3, -0.25) is 0 Å². The van der Waals surface area contributed by atoms with E-state index in [4.69, 9.17) is 0 Å². The highest BCUT2D eigenvalue weighted by Crippen LogP contribution is 2.27. The van der Waals surface area contributed by atoms with Crippen LogP contribution in [0.3, 0.4) is 0 Å². The molecular formula is C11H17N. The van der Waals surface area contributed by atoms with Crippen molar-refractivity contribution in [1.29, 1.82) is 0 Å². The van der Waals surface area contributed by atoms with E-state index in [1.165, 1.54) is 25.9 Å². The van der Waals surface area contributed by atoms with Gasteiger partial charge in [0.1, 0.15) is 0 Å². The van der Waals surface area contributed by atoms with Crippen LogP contribution in [0, 0.1) is 11.8 Å². The van der Waals surface area contributed by atoms with E-state index in [0.29, 0.717) is 5.92 Å². The minimum absolute atomic E-state index is 0.676. The summed E-state index contributed by atoms with van der Waals surface area (Å²) in [7, 11) is 0. The highest BCUT2D eigenvalue weighted by Gasteiger charge is 2.18. The summed E-state index contributed by atoms with van der Waals surface area (Å²) >= 11 is 0. The van der Waals surface area contributed by atoms with Gasteiger partial charge >= 0.3 is 0 Å². The number of rotatable bonds is 1. The third-order valence-electron chi connectivity index (χ3n) is 2.86. The van der Waals surface area contributed by atoms with Crippen LogP contribution in [0.5, 0.6) is 0 Å². The molecule has 0 aromatic heterocycles. The zero-order chi connectivity index (χ0) is 8.39. The zero-order valence-corrected chi connectivity index (χ0v) is 7.72. The van der Waals surface area contributed by atoms with Crippen molar-refractivity contribution in [3.8, 4) is 0 Å². The van der Waals surface area contributed by atoms with Gasteiger partial charge in [0.05, 0.1) is 0 Å². The Morgan fingerprint density at radius 3 is 2.67 bits per heavy atom. The average Bonchev–Trinajstić information content (AvgIpc) is 2.54. The highest BCUT2D eigenvalue weighted by atomic mass is 14.9. The molecule has 1 heteroatoms. The molecule has 0 saturated carbocycles. The van der Waals surface area contributed by atoms with Gasteiger partial charge in [-0.1, -0.05) is 25.2 Å². The van der Waals surface area contributed by atoms with Gasteiger partial charge in [-0.05, 0) is 43.3 Å². The first-order valence-corrected chi connectivity index (χ1v) is 4.97. The topological polar surface area (TPSA) is 12.0 Å². The summed E-state index contributed by atoms with van der Waals surface area (Å²) < 4.78 is 0. The SMILES string of the molecule is CC1C=CC(C2CCNCC2)=C1. The van der Waals surface area contributed by atoms with Crippen molar-refractivity contribution in [2.24, 2.45) is 11.8 Å². The van der Waals surface area contributed by atoms with E-state index in [-0.39, 0.29) is 0 Å². The van der Waals surface area contributed by atoms with E-state index in [1.807, 2.05) is 0 Å². The van der Waals surface area contributed by atoms with Crippen LogP contribution in [0.4, 0.5) is 0 Å². The summed E-state index contributed by atoms with van der Waals surface area (Å²) in [4.78, 5) is 0. The molecule has 0 radical (unpaired) electrons. The van der Waals surface area contributed by atoms with Gasteiger partial charge in [-0.25, -0.2) is 0 Å². The van der Waals surface area contributed by atoms with Crippen molar-refractivity contribution in [1.82, 2.24) is 5.32 Å². The summed E-state index contributed by atoms with van der Waals surface area (Å²) in [5.74, 6) is 1.52. The van der Waals surface area contributed by atoms with Crippen LogP contribution in [0.15, 0.2) is 23.8 Å². The molecule has 1 atom stereocenters. The second kappa shape index (κ2) is 3.44.